The molecular formula is C22H22F3N5O2. The summed E-state index contributed by atoms with van der Waals surface area (Å²) in [6, 6.07) is 9.24. The minimum Gasteiger partial charge on any atom is -0.435 e. The van der Waals surface area contributed by atoms with Crippen molar-refractivity contribution in [3.63, 3.8) is 0 Å². The number of morpholine rings is 1. The van der Waals surface area contributed by atoms with Crippen LogP contribution in [0.15, 0.2) is 48.8 Å². The number of nitrogens with zero attached hydrogens (tertiary/aromatic N) is 4. The van der Waals surface area contributed by atoms with Crippen molar-refractivity contribution in [2.24, 2.45) is 0 Å². The van der Waals surface area contributed by atoms with E-state index in [9.17, 15) is 13.2 Å². The number of ether oxygens (including phenoxy) is 2. The van der Waals surface area contributed by atoms with Gasteiger partial charge < -0.3 is 19.7 Å². The summed E-state index contributed by atoms with van der Waals surface area (Å²) in [7, 11) is 0. The molecule has 1 saturated heterocycles. The number of alkyl halides is 2. The number of hydrogen-bond acceptors (Lipinski definition) is 7. The van der Waals surface area contributed by atoms with Gasteiger partial charge in [-0.15, -0.1) is 0 Å². The van der Waals surface area contributed by atoms with Gasteiger partial charge in [-0.3, -0.25) is 0 Å². The van der Waals surface area contributed by atoms with Gasteiger partial charge in [0, 0.05) is 31.0 Å². The van der Waals surface area contributed by atoms with Gasteiger partial charge in [-0.05, 0) is 43.7 Å². The first-order valence-corrected chi connectivity index (χ1v) is 10.1. The van der Waals surface area contributed by atoms with Crippen LogP contribution in [0.4, 0.5) is 30.6 Å². The Kier molecular flexibility index (Phi) is 6.40. The molecule has 1 aliphatic heterocycles. The molecule has 0 bridgehead atoms. The zero-order valence-corrected chi connectivity index (χ0v) is 17.5. The SMILES string of the molecule is C[C@@H]1CN(c2nccc(Nc3cc(-c4ccc(OC(F)F)cc4)cnc3F)n2)C[C@H](C)O1. The van der Waals surface area contributed by atoms with E-state index in [0.29, 0.717) is 36.0 Å². The monoisotopic (exact) mass is 445 g/mol. The zero-order valence-electron chi connectivity index (χ0n) is 17.5. The predicted molar refractivity (Wildman–Crippen MR) is 114 cm³/mol. The van der Waals surface area contributed by atoms with E-state index in [4.69, 9.17) is 4.74 Å². The first-order chi connectivity index (χ1) is 15.4. The minimum absolute atomic E-state index is 0.0393. The highest BCUT2D eigenvalue weighted by Crippen LogP contribution is 2.28. The van der Waals surface area contributed by atoms with Crippen molar-refractivity contribution < 1.29 is 22.6 Å². The maximum absolute atomic E-state index is 14.4. The third-order valence-corrected chi connectivity index (χ3v) is 4.86. The first kappa shape index (κ1) is 21.8. The van der Waals surface area contributed by atoms with Crippen molar-refractivity contribution >= 4 is 17.5 Å². The molecule has 10 heteroatoms. The number of hydrogen-bond donors (Lipinski definition) is 1. The summed E-state index contributed by atoms with van der Waals surface area (Å²) in [5.74, 6) is 0.286. The summed E-state index contributed by atoms with van der Waals surface area (Å²) in [4.78, 5) is 14.7. The minimum atomic E-state index is -2.90. The molecule has 7 nitrogen and oxygen atoms in total. The summed E-state index contributed by atoms with van der Waals surface area (Å²) in [5.41, 5.74) is 1.40. The first-order valence-electron chi connectivity index (χ1n) is 10.1. The van der Waals surface area contributed by atoms with E-state index in [2.05, 4.69) is 25.0 Å². The summed E-state index contributed by atoms with van der Waals surface area (Å²) in [5, 5.41) is 2.95. The van der Waals surface area contributed by atoms with Crippen LogP contribution in [0.3, 0.4) is 0 Å². The average Bonchev–Trinajstić information content (AvgIpc) is 2.75. The Balaban J connectivity index is 1.54. The van der Waals surface area contributed by atoms with E-state index in [1.54, 1.807) is 30.5 Å². The highest BCUT2D eigenvalue weighted by atomic mass is 19.3. The van der Waals surface area contributed by atoms with Crippen LogP contribution in [0.25, 0.3) is 11.1 Å². The third kappa shape index (κ3) is 5.25. The molecule has 2 atom stereocenters. The Morgan fingerprint density at radius 3 is 2.47 bits per heavy atom. The Hall–Kier alpha value is -3.40. The highest BCUT2D eigenvalue weighted by molar-refractivity contribution is 5.69. The smallest absolute Gasteiger partial charge is 0.387 e. The summed E-state index contributed by atoms with van der Waals surface area (Å²) in [6.07, 6.45) is 3.07. The van der Waals surface area contributed by atoms with Gasteiger partial charge in [-0.1, -0.05) is 12.1 Å². The molecule has 1 fully saturated rings. The van der Waals surface area contributed by atoms with Gasteiger partial charge in [0.1, 0.15) is 11.6 Å². The van der Waals surface area contributed by atoms with Crippen LogP contribution < -0.4 is 15.0 Å². The molecule has 2 aromatic heterocycles. The second-order valence-electron chi connectivity index (χ2n) is 7.49. The van der Waals surface area contributed by atoms with E-state index in [1.165, 1.54) is 18.3 Å². The Morgan fingerprint density at radius 1 is 1.06 bits per heavy atom. The van der Waals surface area contributed by atoms with Crippen LogP contribution in [0.2, 0.25) is 0 Å². The molecule has 32 heavy (non-hydrogen) atoms. The average molecular weight is 445 g/mol. The van der Waals surface area contributed by atoms with E-state index in [0.717, 1.165) is 0 Å². The van der Waals surface area contributed by atoms with Crippen LogP contribution >= 0.6 is 0 Å². The standard InChI is InChI=1S/C22H22F3N5O2/c1-13-11-30(12-14(2)31-13)22-26-8-7-19(29-22)28-18-9-16(10-27-20(18)23)15-3-5-17(6-4-15)32-21(24)25/h3-10,13-14,21H,11-12H2,1-2H3,(H,26,28,29)/t13-,14+. The fourth-order valence-electron chi connectivity index (χ4n) is 3.57. The van der Waals surface area contributed by atoms with E-state index in [-0.39, 0.29) is 23.6 Å². The van der Waals surface area contributed by atoms with Crippen LogP contribution in [-0.4, -0.2) is 46.9 Å². The summed E-state index contributed by atoms with van der Waals surface area (Å²) >= 11 is 0. The summed E-state index contributed by atoms with van der Waals surface area (Å²) < 4.78 is 49.2. The molecule has 1 aromatic carbocycles. The van der Waals surface area contributed by atoms with Crippen LogP contribution in [0, 0.1) is 5.95 Å². The van der Waals surface area contributed by atoms with Crippen molar-refractivity contribution in [2.75, 3.05) is 23.3 Å². The molecule has 0 amide bonds. The van der Waals surface area contributed by atoms with Crippen LogP contribution in [0.5, 0.6) is 5.75 Å². The Labute approximate surface area is 183 Å². The van der Waals surface area contributed by atoms with Gasteiger partial charge in [0.25, 0.3) is 0 Å². The molecule has 1 N–H and O–H groups in total. The van der Waals surface area contributed by atoms with E-state index in [1.807, 2.05) is 18.7 Å². The number of nitrogens with one attached hydrogen (secondary N) is 1. The molecule has 4 rings (SSSR count). The quantitative estimate of drug-likeness (QED) is 0.555. The predicted octanol–water partition coefficient (Wildman–Crippen LogP) is 4.64. The van der Waals surface area contributed by atoms with Crippen LogP contribution in [0.1, 0.15) is 13.8 Å². The molecule has 0 spiro atoms. The number of aromatic nitrogens is 3. The van der Waals surface area contributed by atoms with Crippen molar-refractivity contribution in [2.45, 2.75) is 32.7 Å². The molecule has 3 heterocycles. The molecule has 0 saturated carbocycles. The van der Waals surface area contributed by atoms with Gasteiger partial charge in [0.2, 0.25) is 11.9 Å². The lowest BCUT2D eigenvalue weighted by Crippen LogP contribution is -2.46. The zero-order chi connectivity index (χ0) is 22.7. The topological polar surface area (TPSA) is 72.4 Å². The van der Waals surface area contributed by atoms with Gasteiger partial charge in [0.15, 0.2) is 0 Å². The molecule has 168 valence electrons. The molecular weight excluding hydrogens is 423 g/mol. The molecule has 1 aliphatic rings. The highest BCUT2D eigenvalue weighted by Gasteiger charge is 2.24. The van der Waals surface area contributed by atoms with Crippen LogP contribution in [-0.2, 0) is 4.74 Å². The van der Waals surface area contributed by atoms with Crippen molar-refractivity contribution in [1.29, 1.82) is 0 Å². The van der Waals surface area contributed by atoms with Crippen molar-refractivity contribution in [1.82, 2.24) is 15.0 Å². The van der Waals surface area contributed by atoms with Crippen molar-refractivity contribution in [3.05, 3.63) is 54.7 Å². The second kappa shape index (κ2) is 9.39. The van der Waals surface area contributed by atoms with E-state index >= 15 is 0 Å². The fraction of sp³-hybridized carbons (Fsp3) is 0.318. The number of anilines is 3. The largest absolute Gasteiger partial charge is 0.435 e. The lowest BCUT2D eigenvalue weighted by atomic mass is 10.1. The van der Waals surface area contributed by atoms with Crippen molar-refractivity contribution in [3.8, 4) is 16.9 Å². The Bertz CT molecular complexity index is 1060. The second-order valence-corrected chi connectivity index (χ2v) is 7.49. The van der Waals surface area contributed by atoms with Gasteiger partial charge in [0.05, 0.1) is 17.9 Å². The molecule has 0 unspecified atom stereocenters. The third-order valence-electron chi connectivity index (χ3n) is 4.86. The molecule has 0 aliphatic carbocycles. The van der Waals surface area contributed by atoms with Gasteiger partial charge in [-0.25, -0.2) is 9.97 Å². The molecule has 3 aromatic rings. The number of rotatable bonds is 6. The maximum Gasteiger partial charge on any atom is 0.387 e. The van der Waals surface area contributed by atoms with Gasteiger partial charge in [-0.2, -0.15) is 18.2 Å². The maximum atomic E-state index is 14.4. The molecule has 0 radical (unpaired) electrons. The summed E-state index contributed by atoms with van der Waals surface area (Å²) in [6.45, 7) is 2.40. The lowest BCUT2D eigenvalue weighted by molar-refractivity contribution is -0.0498. The lowest BCUT2D eigenvalue weighted by Gasteiger charge is -2.35. The van der Waals surface area contributed by atoms with E-state index < -0.39 is 12.6 Å². The Morgan fingerprint density at radius 2 is 1.78 bits per heavy atom. The fourth-order valence-corrected chi connectivity index (χ4v) is 3.57. The normalized spacial score (nSPS) is 18.6. The number of halogens is 3. The van der Waals surface area contributed by atoms with Gasteiger partial charge >= 0.3 is 6.61 Å². The number of pyridine rings is 1. The number of benzene rings is 1.